The molecule has 0 fully saturated rings. The van der Waals surface area contributed by atoms with Gasteiger partial charge in [-0.2, -0.15) is 0 Å². The van der Waals surface area contributed by atoms with E-state index in [0.29, 0.717) is 23.1 Å². The van der Waals surface area contributed by atoms with Crippen LogP contribution >= 0.6 is 11.6 Å². The highest BCUT2D eigenvalue weighted by Gasteiger charge is 2.28. The first-order valence-electron chi connectivity index (χ1n) is 11.0. The lowest BCUT2D eigenvalue weighted by atomic mass is 9.75. The Morgan fingerprint density at radius 2 is 1.84 bits per heavy atom. The molecule has 166 valence electrons. The summed E-state index contributed by atoms with van der Waals surface area (Å²) in [5.74, 6) is 3.43. The number of halogens is 2. The van der Waals surface area contributed by atoms with Crippen LogP contribution in [0.5, 0.6) is 5.75 Å². The van der Waals surface area contributed by atoms with Crippen molar-refractivity contribution in [3.8, 4) is 18.1 Å². The van der Waals surface area contributed by atoms with E-state index in [-0.39, 0.29) is 5.82 Å². The van der Waals surface area contributed by atoms with E-state index in [0.717, 1.165) is 42.5 Å². The molecule has 1 N–H and O–H groups in total. The lowest BCUT2D eigenvalue weighted by Gasteiger charge is -2.28. The van der Waals surface area contributed by atoms with E-state index in [1.807, 2.05) is 67.6 Å². The zero-order chi connectivity index (χ0) is 23.0. The number of hydrogen-bond acceptors (Lipinski definition) is 2. The molecule has 0 spiro atoms. The average molecular weight is 450 g/mol. The minimum absolute atomic E-state index is 0.270. The van der Waals surface area contributed by atoms with E-state index < -0.39 is 5.41 Å². The summed E-state index contributed by atoms with van der Waals surface area (Å²) in [5.41, 5.74) is 3.02. The number of aryl methyl sites for hydroxylation is 1. The van der Waals surface area contributed by atoms with Gasteiger partial charge in [-0.3, -0.25) is 0 Å². The number of hydrogen-bond donors (Lipinski definition) is 1. The first kappa shape index (κ1) is 23.7. The zero-order valence-corrected chi connectivity index (χ0v) is 19.4. The normalized spacial score (nSPS) is 12.6. The van der Waals surface area contributed by atoms with Gasteiger partial charge < -0.3 is 10.1 Å². The van der Waals surface area contributed by atoms with Crippen molar-refractivity contribution < 1.29 is 9.13 Å². The van der Waals surface area contributed by atoms with Crippen molar-refractivity contribution >= 4 is 23.0 Å². The molecule has 0 saturated heterocycles. The largest absolute Gasteiger partial charge is 0.492 e. The van der Waals surface area contributed by atoms with E-state index in [1.165, 1.54) is 6.07 Å². The van der Waals surface area contributed by atoms with Gasteiger partial charge in [0.25, 0.3) is 0 Å². The van der Waals surface area contributed by atoms with E-state index in [2.05, 4.69) is 18.2 Å². The Morgan fingerprint density at radius 3 is 2.50 bits per heavy atom. The minimum Gasteiger partial charge on any atom is -0.492 e. The molecule has 3 aromatic carbocycles. The van der Waals surface area contributed by atoms with Crippen molar-refractivity contribution in [3.05, 3.63) is 88.7 Å². The number of para-hydroxylation sites is 1. The van der Waals surface area contributed by atoms with Crippen molar-refractivity contribution in [1.29, 1.82) is 0 Å². The van der Waals surface area contributed by atoms with Crippen molar-refractivity contribution in [2.75, 3.05) is 11.9 Å². The minimum atomic E-state index is -0.403. The molecule has 0 aromatic heterocycles. The predicted molar refractivity (Wildman–Crippen MR) is 132 cm³/mol. The summed E-state index contributed by atoms with van der Waals surface area (Å²) in [6.07, 6.45) is 9.31. The van der Waals surface area contributed by atoms with Crippen molar-refractivity contribution in [2.45, 2.75) is 44.9 Å². The molecule has 4 heteroatoms. The Hall–Kier alpha value is -2.96. The predicted octanol–water partition coefficient (Wildman–Crippen LogP) is 7.93. The van der Waals surface area contributed by atoms with Crippen LogP contribution in [0.2, 0.25) is 5.02 Å². The number of rotatable bonds is 10. The van der Waals surface area contributed by atoms with Crippen molar-refractivity contribution in [1.82, 2.24) is 0 Å². The van der Waals surface area contributed by atoms with Crippen LogP contribution in [-0.4, -0.2) is 6.61 Å². The van der Waals surface area contributed by atoms with Crippen LogP contribution in [0, 0.1) is 18.2 Å². The van der Waals surface area contributed by atoms with Crippen LogP contribution in [-0.2, 0) is 11.8 Å². The third-order valence-electron chi connectivity index (χ3n) is 5.82. The molecule has 0 amide bonds. The molecule has 1 atom stereocenters. The Balaban J connectivity index is 1.71. The van der Waals surface area contributed by atoms with Gasteiger partial charge in [-0.15, -0.1) is 6.42 Å². The highest BCUT2D eigenvalue weighted by atomic mass is 35.5. The zero-order valence-electron chi connectivity index (χ0n) is 18.6. The number of ether oxygens (including phenoxy) is 1. The summed E-state index contributed by atoms with van der Waals surface area (Å²) >= 11 is 6.42. The Labute approximate surface area is 195 Å². The van der Waals surface area contributed by atoms with E-state index in [1.54, 1.807) is 0 Å². The number of terminal acetylenes is 1. The molecule has 3 rings (SSSR count). The van der Waals surface area contributed by atoms with Gasteiger partial charge >= 0.3 is 0 Å². The Morgan fingerprint density at radius 1 is 1.06 bits per heavy atom. The second-order valence-electron chi connectivity index (χ2n) is 7.82. The molecule has 0 heterocycles. The van der Waals surface area contributed by atoms with Gasteiger partial charge in [0.15, 0.2) is 0 Å². The first-order chi connectivity index (χ1) is 15.5. The van der Waals surface area contributed by atoms with Gasteiger partial charge in [0.05, 0.1) is 22.7 Å². The standard InChI is InChI=1S/C28H29ClFNO/c1-4-28(5-2,22-15-17-27(32-6-3)24(29)20-22)18-10-11-21-14-16-25(30)26(19-21)31-23-12-8-7-9-13-23/h1,7-9,12-17,19-20,31H,5-6,10-11,18H2,2-3H3. The molecular formula is C28H29ClFNO. The average Bonchev–Trinajstić information content (AvgIpc) is 2.81. The lowest BCUT2D eigenvalue weighted by Crippen LogP contribution is -2.23. The molecule has 0 bridgehead atoms. The van der Waals surface area contributed by atoms with E-state index in [4.69, 9.17) is 22.8 Å². The van der Waals surface area contributed by atoms with E-state index in [9.17, 15) is 4.39 Å². The number of anilines is 2. The van der Waals surface area contributed by atoms with Gasteiger partial charge in [-0.1, -0.05) is 54.8 Å². The summed E-state index contributed by atoms with van der Waals surface area (Å²) in [7, 11) is 0. The van der Waals surface area contributed by atoms with Crippen molar-refractivity contribution in [3.63, 3.8) is 0 Å². The molecule has 3 aromatic rings. The number of nitrogens with one attached hydrogen (secondary N) is 1. The van der Waals surface area contributed by atoms with Crippen LogP contribution < -0.4 is 10.1 Å². The maximum absolute atomic E-state index is 14.3. The summed E-state index contributed by atoms with van der Waals surface area (Å²) < 4.78 is 19.9. The van der Waals surface area contributed by atoms with Crippen LogP contribution in [0.3, 0.4) is 0 Å². The van der Waals surface area contributed by atoms with Gasteiger partial charge in [-0.25, -0.2) is 4.39 Å². The molecule has 0 aliphatic rings. The maximum atomic E-state index is 14.3. The molecule has 0 aliphatic carbocycles. The first-order valence-corrected chi connectivity index (χ1v) is 11.4. The molecule has 0 aliphatic heterocycles. The fourth-order valence-electron chi connectivity index (χ4n) is 3.95. The summed E-state index contributed by atoms with van der Waals surface area (Å²) in [5, 5.41) is 3.73. The van der Waals surface area contributed by atoms with Gasteiger partial charge in [-0.05, 0) is 80.1 Å². The summed E-state index contributed by atoms with van der Waals surface area (Å²) in [6.45, 7) is 4.59. The molecule has 1 unspecified atom stereocenters. The Kier molecular flexibility index (Phi) is 8.20. The maximum Gasteiger partial charge on any atom is 0.146 e. The topological polar surface area (TPSA) is 21.3 Å². The summed E-state index contributed by atoms with van der Waals surface area (Å²) in [4.78, 5) is 0. The second kappa shape index (κ2) is 11.1. The van der Waals surface area contributed by atoms with Gasteiger partial charge in [0.1, 0.15) is 11.6 Å². The molecular weight excluding hydrogens is 421 g/mol. The highest BCUT2D eigenvalue weighted by molar-refractivity contribution is 6.32. The molecule has 0 radical (unpaired) electrons. The quantitative estimate of drug-likeness (QED) is 0.317. The van der Waals surface area contributed by atoms with Crippen molar-refractivity contribution in [2.24, 2.45) is 0 Å². The fourth-order valence-corrected chi connectivity index (χ4v) is 4.18. The molecule has 32 heavy (non-hydrogen) atoms. The molecule has 2 nitrogen and oxygen atoms in total. The van der Waals surface area contributed by atoms with Crippen LogP contribution in [0.4, 0.5) is 15.8 Å². The van der Waals surface area contributed by atoms with Gasteiger partial charge in [0.2, 0.25) is 0 Å². The SMILES string of the molecule is C#CC(CC)(CCCc1ccc(F)c(Nc2ccccc2)c1)c1ccc(OCC)c(Cl)c1. The smallest absolute Gasteiger partial charge is 0.146 e. The van der Waals surface area contributed by atoms with E-state index >= 15 is 0 Å². The molecule has 0 saturated carbocycles. The third kappa shape index (κ3) is 5.64. The third-order valence-corrected chi connectivity index (χ3v) is 6.11. The van der Waals surface area contributed by atoms with Gasteiger partial charge in [0, 0.05) is 5.69 Å². The Bertz CT molecular complexity index is 1080. The summed E-state index contributed by atoms with van der Waals surface area (Å²) in [6, 6.07) is 20.7. The monoisotopic (exact) mass is 449 g/mol. The number of benzene rings is 3. The van der Waals surface area contributed by atoms with Crippen LogP contribution in [0.15, 0.2) is 66.7 Å². The van der Waals surface area contributed by atoms with Crippen LogP contribution in [0.25, 0.3) is 0 Å². The van der Waals surface area contributed by atoms with Crippen LogP contribution in [0.1, 0.15) is 44.2 Å². The fraction of sp³-hybridized carbons (Fsp3) is 0.286. The lowest BCUT2D eigenvalue weighted by molar-refractivity contribution is 0.340. The highest BCUT2D eigenvalue weighted by Crippen LogP contribution is 2.37. The second-order valence-corrected chi connectivity index (χ2v) is 8.22.